The van der Waals surface area contributed by atoms with Crippen LogP contribution in [0.3, 0.4) is 0 Å². The van der Waals surface area contributed by atoms with Crippen LogP contribution in [0.15, 0.2) is 30.3 Å². The highest BCUT2D eigenvalue weighted by molar-refractivity contribution is 5.82. The highest BCUT2D eigenvalue weighted by atomic mass is 16.3. The van der Waals surface area contributed by atoms with E-state index in [0.29, 0.717) is 5.56 Å². The number of hydrogen-bond donors (Lipinski definition) is 2. The second-order valence-electron chi connectivity index (χ2n) is 3.17. The van der Waals surface area contributed by atoms with Gasteiger partial charge in [-0.05, 0) is 12.5 Å². The second kappa shape index (κ2) is 5.13. The topological polar surface area (TPSA) is 73.1 Å². The summed E-state index contributed by atoms with van der Waals surface area (Å²) in [7, 11) is 0. The monoisotopic (exact) mass is 204 g/mol. The van der Waals surface area contributed by atoms with Gasteiger partial charge in [0.15, 0.2) is 6.10 Å². The number of hydrogen-bond acceptors (Lipinski definition) is 3. The van der Waals surface area contributed by atoms with E-state index in [1.165, 1.54) is 0 Å². The van der Waals surface area contributed by atoms with Gasteiger partial charge in [-0.2, -0.15) is 5.26 Å². The molecule has 0 aliphatic carbocycles. The molecule has 1 aromatic carbocycles. The number of carbonyl (C=O) groups is 1. The summed E-state index contributed by atoms with van der Waals surface area (Å²) in [5, 5.41) is 20.5. The van der Waals surface area contributed by atoms with Crippen LogP contribution in [0.4, 0.5) is 0 Å². The molecule has 78 valence electrons. The molecule has 0 bridgehead atoms. The standard InChI is InChI=1S/C11H12N2O2/c1-8(7-12)13-11(15)10(14)9-5-3-2-4-6-9/h2-6,8,10,14H,1H3,(H,13,15). The van der Waals surface area contributed by atoms with E-state index >= 15 is 0 Å². The van der Waals surface area contributed by atoms with Crippen molar-refractivity contribution < 1.29 is 9.90 Å². The Kier molecular flexibility index (Phi) is 3.83. The average Bonchev–Trinajstić information content (AvgIpc) is 2.29. The second-order valence-corrected chi connectivity index (χ2v) is 3.17. The van der Waals surface area contributed by atoms with Crippen LogP contribution in [-0.2, 0) is 4.79 Å². The van der Waals surface area contributed by atoms with Crippen molar-refractivity contribution in [3.63, 3.8) is 0 Å². The van der Waals surface area contributed by atoms with E-state index in [-0.39, 0.29) is 0 Å². The molecule has 0 aromatic heterocycles. The summed E-state index contributed by atoms with van der Waals surface area (Å²) in [6.07, 6.45) is -1.22. The Morgan fingerprint density at radius 2 is 2.07 bits per heavy atom. The van der Waals surface area contributed by atoms with E-state index in [2.05, 4.69) is 5.32 Å². The molecule has 4 nitrogen and oxygen atoms in total. The van der Waals surface area contributed by atoms with Gasteiger partial charge in [0.05, 0.1) is 6.07 Å². The van der Waals surface area contributed by atoms with Crippen LogP contribution in [0.25, 0.3) is 0 Å². The first-order chi connectivity index (χ1) is 7.15. The number of carbonyl (C=O) groups excluding carboxylic acids is 1. The SMILES string of the molecule is CC(C#N)NC(=O)C(O)c1ccccc1. The number of aliphatic hydroxyl groups excluding tert-OH is 1. The lowest BCUT2D eigenvalue weighted by Gasteiger charge is -2.12. The van der Waals surface area contributed by atoms with E-state index in [9.17, 15) is 9.90 Å². The largest absolute Gasteiger partial charge is 0.378 e. The number of nitrogens with zero attached hydrogens (tertiary/aromatic N) is 1. The molecule has 4 heteroatoms. The van der Waals surface area contributed by atoms with E-state index in [4.69, 9.17) is 5.26 Å². The minimum Gasteiger partial charge on any atom is -0.378 e. The summed E-state index contributed by atoms with van der Waals surface area (Å²) >= 11 is 0. The van der Waals surface area contributed by atoms with E-state index < -0.39 is 18.1 Å². The molecule has 0 spiro atoms. The summed E-state index contributed by atoms with van der Waals surface area (Å²) in [5.41, 5.74) is 0.514. The third-order valence-corrected chi connectivity index (χ3v) is 1.92. The van der Waals surface area contributed by atoms with Crippen molar-refractivity contribution in [2.45, 2.75) is 19.1 Å². The first kappa shape index (κ1) is 11.2. The van der Waals surface area contributed by atoms with E-state index in [0.717, 1.165) is 0 Å². The molecule has 0 heterocycles. The van der Waals surface area contributed by atoms with Crippen molar-refractivity contribution in [1.29, 1.82) is 5.26 Å². The average molecular weight is 204 g/mol. The Bertz CT molecular complexity index is 370. The zero-order chi connectivity index (χ0) is 11.3. The van der Waals surface area contributed by atoms with Crippen molar-refractivity contribution in [3.05, 3.63) is 35.9 Å². The molecule has 0 radical (unpaired) electrons. The molecule has 0 aliphatic rings. The van der Waals surface area contributed by atoms with E-state index in [1.807, 2.05) is 6.07 Å². The van der Waals surface area contributed by atoms with Crippen molar-refractivity contribution >= 4 is 5.91 Å². The van der Waals surface area contributed by atoms with Crippen LogP contribution in [0.2, 0.25) is 0 Å². The lowest BCUT2D eigenvalue weighted by atomic mass is 10.1. The van der Waals surface area contributed by atoms with Crippen molar-refractivity contribution in [2.75, 3.05) is 0 Å². The van der Waals surface area contributed by atoms with Gasteiger partial charge in [-0.25, -0.2) is 0 Å². The molecule has 1 aromatic rings. The Labute approximate surface area is 88.2 Å². The fourth-order valence-corrected chi connectivity index (χ4v) is 1.11. The van der Waals surface area contributed by atoms with Gasteiger partial charge in [-0.1, -0.05) is 30.3 Å². The highest BCUT2D eigenvalue weighted by Crippen LogP contribution is 2.11. The van der Waals surface area contributed by atoms with Gasteiger partial charge >= 0.3 is 0 Å². The van der Waals surface area contributed by atoms with Crippen LogP contribution in [-0.4, -0.2) is 17.1 Å². The fourth-order valence-electron chi connectivity index (χ4n) is 1.11. The number of aliphatic hydroxyl groups is 1. The molecular weight excluding hydrogens is 192 g/mol. The number of amides is 1. The molecule has 0 saturated heterocycles. The zero-order valence-electron chi connectivity index (χ0n) is 8.34. The van der Waals surface area contributed by atoms with Gasteiger partial charge in [0.2, 0.25) is 0 Å². The Balaban J connectivity index is 2.66. The maximum atomic E-state index is 11.4. The molecule has 2 N–H and O–H groups in total. The maximum absolute atomic E-state index is 11.4. The summed E-state index contributed by atoms with van der Waals surface area (Å²) in [6, 6.07) is 9.84. The van der Waals surface area contributed by atoms with Gasteiger partial charge in [-0.15, -0.1) is 0 Å². The number of benzene rings is 1. The third kappa shape index (κ3) is 3.08. The number of nitrogens with one attached hydrogen (secondary N) is 1. The molecule has 2 unspecified atom stereocenters. The third-order valence-electron chi connectivity index (χ3n) is 1.92. The van der Waals surface area contributed by atoms with Crippen LogP contribution < -0.4 is 5.32 Å². The minimum atomic E-state index is -1.22. The summed E-state index contributed by atoms with van der Waals surface area (Å²) in [4.78, 5) is 11.4. The van der Waals surface area contributed by atoms with Gasteiger partial charge in [0.25, 0.3) is 5.91 Å². The van der Waals surface area contributed by atoms with Crippen LogP contribution in [0.1, 0.15) is 18.6 Å². The van der Waals surface area contributed by atoms with Gasteiger partial charge in [-0.3, -0.25) is 4.79 Å². The predicted octanol–water partition coefficient (Wildman–Crippen LogP) is 0.748. The smallest absolute Gasteiger partial charge is 0.254 e. The van der Waals surface area contributed by atoms with Gasteiger partial charge in [0.1, 0.15) is 6.04 Å². The Morgan fingerprint density at radius 3 is 2.60 bits per heavy atom. The first-order valence-electron chi connectivity index (χ1n) is 4.58. The normalized spacial score (nSPS) is 13.7. The predicted molar refractivity (Wildman–Crippen MR) is 54.6 cm³/mol. The summed E-state index contributed by atoms with van der Waals surface area (Å²) < 4.78 is 0. The minimum absolute atomic E-state index is 0.514. The van der Waals surface area contributed by atoms with Crippen molar-refractivity contribution in [1.82, 2.24) is 5.32 Å². The van der Waals surface area contributed by atoms with Crippen molar-refractivity contribution in [2.24, 2.45) is 0 Å². The molecular formula is C11H12N2O2. The summed E-state index contributed by atoms with van der Waals surface area (Å²) in [6.45, 7) is 1.55. The molecule has 15 heavy (non-hydrogen) atoms. The molecule has 0 saturated carbocycles. The molecule has 0 fully saturated rings. The lowest BCUT2D eigenvalue weighted by molar-refractivity contribution is -0.129. The number of rotatable bonds is 3. The highest BCUT2D eigenvalue weighted by Gasteiger charge is 2.18. The molecule has 1 rings (SSSR count). The van der Waals surface area contributed by atoms with Gasteiger partial charge < -0.3 is 10.4 Å². The molecule has 1 amide bonds. The molecule has 2 atom stereocenters. The quantitative estimate of drug-likeness (QED) is 0.763. The Hall–Kier alpha value is -1.86. The maximum Gasteiger partial charge on any atom is 0.254 e. The van der Waals surface area contributed by atoms with Crippen LogP contribution in [0.5, 0.6) is 0 Å². The molecule has 0 aliphatic heterocycles. The fraction of sp³-hybridized carbons (Fsp3) is 0.273. The Morgan fingerprint density at radius 1 is 1.47 bits per heavy atom. The summed E-state index contributed by atoms with van der Waals surface area (Å²) in [5.74, 6) is -0.560. The lowest BCUT2D eigenvalue weighted by Crippen LogP contribution is -2.35. The first-order valence-corrected chi connectivity index (χ1v) is 4.58. The van der Waals surface area contributed by atoms with Crippen LogP contribution >= 0.6 is 0 Å². The number of nitriles is 1. The van der Waals surface area contributed by atoms with E-state index in [1.54, 1.807) is 37.3 Å². The van der Waals surface area contributed by atoms with Crippen LogP contribution in [0, 0.1) is 11.3 Å². The van der Waals surface area contributed by atoms with Gasteiger partial charge in [0, 0.05) is 0 Å². The zero-order valence-corrected chi connectivity index (χ0v) is 8.34. The van der Waals surface area contributed by atoms with Crippen molar-refractivity contribution in [3.8, 4) is 6.07 Å².